The minimum atomic E-state index is -0.0570. The predicted molar refractivity (Wildman–Crippen MR) is 120 cm³/mol. The van der Waals surface area contributed by atoms with E-state index in [4.69, 9.17) is 16.6 Å². The molecule has 8 nitrogen and oxygen atoms in total. The Hall–Kier alpha value is -2.43. The molecule has 156 valence electrons. The van der Waals surface area contributed by atoms with E-state index < -0.39 is 0 Å². The Labute approximate surface area is 186 Å². The summed E-state index contributed by atoms with van der Waals surface area (Å²) in [6.45, 7) is 5.13. The van der Waals surface area contributed by atoms with E-state index in [-0.39, 0.29) is 5.78 Å². The first kappa shape index (κ1) is 20.8. The summed E-state index contributed by atoms with van der Waals surface area (Å²) in [4.78, 5) is 32.5. The van der Waals surface area contributed by atoms with Gasteiger partial charge in [0.25, 0.3) is 0 Å². The normalized spacial score (nSPS) is 11.3. The van der Waals surface area contributed by atoms with Crippen molar-refractivity contribution in [1.82, 2.24) is 29.5 Å². The SMILES string of the molecule is CCc1[nH]c2nc(Sc3nc(C(C)=O)cs3)nc(NCCCn3ccnc3)c2c1Cl. The van der Waals surface area contributed by atoms with Crippen molar-refractivity contribution in [2.24, 2.45) is 0 Å². The minimum Gasteiger partial charge on any atom is -0.369 e. The minimum absolute atomic E-state index is 0.0570. The van der Waals surface area contributed by atoms with Crippen molar-refractivity contribution >= 4 is 57.3 Å². The van der Waals surface area contributed by atoms with Crippen LogP contribution in [0.3, 0.4) is 0 Å². The number of carbonyl (C=O) groups is 1. The lowest BCUT2D eigenvalue weighted by Gasteiger charge is -2.09. The van der Waals surface area contributed by atoms with E-state index in [1.165, 1.54) is 30.0 Å². The summed E-state index contributed by atoms with van der Waals surface area (Å²) >= 11 is 9.32. The van der Waals surface area contributed by atoms with Crippen molar-refractivity contribution < 1.29 is 4.79 Å². The van der Waals surface area contributed by atoms with Crippen molar-refractivity contribution in [3.63, 3.8) is 0 Å². The van der Waals surface area contributed by atoms with Gasteiger partial charge < -0.3 is 14.9 Å². The molecule has 0 bridgehead atoms. The smallest absolute Gasteiger partial charge is 0.198 e. The lowest BCUT2D eigenvalue weighted by Crippen LogP contribution is -2.08. The fourth-order valence-electron chi connectivity index (χ4n) is 2.94. The maximum atomic E-state index is 11.5. The van der Waals surface area contributed by atoms with E-state index in [1.807, 2.05) is 17.7 Å². The third-order valence-electron chi connectivity index (χ3n) is 4.46. The maximum absolute atomic E-state index is 11.5. The fraction of sp³-hybridized carbons (Fsp3) is 0.316. The van der Waals surface area contributed by atoms with Crippen LogP contribution >= 0.6 is 34.7 Å². The van der Waals surface area contributed by atoms with Crippen LogP contribution in [0.2, 0.25) is 5.02 Å². The molecule has 0 aliphatic rings. The Bertz CT molecular complexity index is 1170. The number of fused-ring (bicyclic) bond motifs is 1. The number of imidazole rings is 1. The number of aryl methyl sites for hydroxylation is 2. The average molecular weight is 462 g/mol. The largest absolute Gasteiger partial charge is 0.369 e. The molecule has 0 saturated carbocycles. The van der Waals surface area contributed by atoms with Crippen LogP contribution in [0.15, 0.2) is 33.6 Å². The van der Waals surface area contributed by atoms with Crippen molar-refractivity contribution in [1.29, 1.82) is 0 Å². The maximum Gasteiger partial charge on any atom is 0.198 e. The number of rotatable bonds is 9. The summed E-state index contributed by atoms with van der Waals surface area (Å²) in [5.74, 6) is 0.635. The number of hydrogen-bond donors (Lipinski definition) is 2. The summed E-state index contributed by atoms with van der Waals surface area (Å²) in [5, 5.41) is 7.14. The quantitative estimate of drug-likeness (QED) is 0.212. The molecule has 0 aliphatic carbocycles. The second-order valence-corrected chi connectivity index (χ2v) is 9.04. The number of ketones is 1. The van der Waals surface area contributed by atoms with E-state index in [2.05, 4.69) is 25.3 Å². The fourth-order valence-corrected chi connectivity index (χ4v) is 5.01. The van der Waals surface area contributed by atoms with Crippen LogP contribution in [0.4, 0.5) is 5.82 Å². The number of nitrogens with zero attached hydrogens (tertiary/aromatic N) is 5. The molecule has 11 heteroatoms. The zero-order chi connectivity index (χ0) is 21.1. The van der Waals surface area contributed by atoms with Gasteiger partial charge in [-0.05, 0) is 24.6 Å². The third-order valence-corrected chi connectivity index (χ3v) is 6.68. The van der Waals surface area contributed by atoms with Gasteiger partial charge in [0, 0.05) is 43.5 Å². The Morgan fingerprint density at radius 2 is 2.23 bits per heavy atom. The first-order chi connectivity index (χ1) is 14.5. The van der Waals surface area contributed by atoms with Crippen LogP contribution in [0, 0.1) is 0 Å². The van der Waals surface area contributed by atoms with E-state index in [0.29, 0.717) is 27.3 Å². The lowest BCUT2D eigenvalue weighted by atomic mass is 10.3. The highest BCUT2D eigenvalue weighted by atomic mass is 35.5. The molecule has 30 heavy (non-hydrogen) atoms. The number of aromatic nitrogens is 6. The summed E-state index contributed by atoms with van der Waals surface area (Å²) in [5.41, 5.74) is 2.07. The molecule has 4 aromatic heterocycles. The highest BCUT2D eigenvalue weighted by Crippen LogP contribution is 2.35. The van der Waals surface area contributed by atoms with Crippen molar-refractivity contribution in [2.45, 2.75) is 42.7 Å². The van der Waals surface area contributed by atoms with Gasteiger partial charge in [0.1, 0.15) is 17.2 Å². The van der Waals surface area contributed by atoms with Gasteiger partial charge in [-0.2, -0.15) is 0 Å². The molecule has 0 spiro atoms. The van der Waals surface area contributed by atoms with Crippen LogP contribution < -0.4 is 5.32 Å². The summed E-state index contributed by atoms with van der Waals surface area (Å²) in [7, 11) is 0. The number of nitrogens with one attached hydrogen (secondary N) is 2. The van der Waals surface area contributed by atoms with Gasteiger partial charge in [0.05, 0.1) is 16.7 Å². The number of carbonyl (C=O) groups excluding carboxylic acids is 1. The molecule has 0 atom stereocenters. The first-order valence-electron chi connectivity index (χ1n) is 9.47. The van der Waals surface area contributed by atoms with E-state index >= 15 is 0 Å². The van der Waals surface area contributed by atoms with Gasteiger partial charge in [-0.25, -0.2) is 19.9 Å². The Balaban J connectivity index is 1.58. The van der Waals surface area contributed by atoms with Gasteiger partial charge >= 0.3 is 0 Å². The molecule has 0 fully saturated rings. The van der Waals surface area contributed by atoms with Gasteiger partial charge in [0.2, 0.25) is 0 Å². The zero-order valence-electron chi connectivity index (χ0n) is 16.5. The topological polar surface area (TPSA) is 101 Å². The Morgan fingerprint density at radius 3 is 2.93 bits per heavy atom. The molecule has 2 N–H and O–H groups in total. The average Bonchev–Trinajstić information content (AvgIpc) is 3.46. The number of hydrogen-bond acceptors (Lipinski definition) is 8. The van der Waals surface area contributed by atoms with E-state index in [0.717, 1.165) is 41.4 Å². The van der Waals surface area contributed by atoms with Gasteiger partial charge in [0.15, 0.2) is 15.3 Å². The highest BCUT2D eigenvalue weighted by molar-refractivity contribution is 8.00. The highest BCUT2D eigenvalue weighted by Gasteiger charge is 2.18. The molecule has 4 aromatic rings. The molecule has 4 heterocycles. The number of anilines is 1. The zero-order valence-corrected chi connectivity index (χ0v) is 18.9. The number of halogens is 1. The molecule has 4 rings (SSSR count). The summed E-state index contributed by atoms with van der Waals surface area (Å²) < 4.78 is 2.76. The standard InChI is InChI=1S/C19H20ClN7OS2/c1-3-12-15(20)14-16(22-5-4-7-27-8-6-21-10-27)25-18(26-17(14)23-12)30-19-24-13(9-29-19)11(2)28/h6,8-10H,3-5,7H2,1-2H3,(H2,22,23,25,26). The van der Waals surface area contributed by atoms with Crippen LogP contribution in [0.25, 0.3) is 11.0 Å². The molecule has 0 unspecified atom stereocenters. The molecule has 0 amide bonds. The van der Waals surface area contributed by atoms with E-state index in [1.54, 1.807) is 17.9 Å². The van der Waals surface area contributed by atoms with Crippen molar-refractivity contribution in [2.75, 3.05) is 11.9 Å². The number of aromatic amines is 1. The molecule has 0 aliphatic heterocycles. The number of thiazole rings is 1. The molecular formula is C19H20ClN7OS2. The number of Topliss-reactive ketones (excluding diaryl/α,β-unsaturated/α-hetero) is 1. The third kappa shape index (κ3) is 4.50. The van der Waals surface area contributed by atoms with Gasteiger partial charge in [-0.3, -0.25) is 4.79 Å². The van der Waals surface area contributed by atoms with Crippen molar-refractivity contribution in [3.8, 4) is 0 Å². The van der Waals surface area contributed by atoms with Crippen LogP contribution in [-0.4, -0.2) is 41.8 Å². The summed E-state index contributed by atoms with van der Waals surface area (Å²) in [6.07, 6.45) is 7.19. The van der Waals surface area contributed by atoms with Crippen LogP contribution in [-0.2, 0) is 13.0 Å². The molecule has 0 radical (unpaired) electrons. The van der Waals surface area contributed by atoms with E-state index in [9.17, 15) is 4.79 Å². The van der Waals surface area contributed by atoms with Gasteiger partial charge in [-0.1, -0.05) is 18.5 Å². The van der Waals surface area contributed by atoms with Crippen LogP contribution in [0.1, 0.15) is 36.5 Å². The van der Waals surface area contributed by atoms with Gasteiger partial charge in [-0.15, -0.1) is 11.3 Å². The summed E-state index contributed by atoms with van der Waals surface area (Å²) in [6, 6.07) is 0. The van der Waals surface area contributed by atoms with Crippen LogP contribution in [0.5, 0.6) is 0 Å². The second-order valence-electron chi connectivity index (χ2n) is 6.59. The predicted octanol–water partition coefficient (Wildman–Crippen LogP) is 4.68. The molecule has 0 saturated heterocycles. The number of H-pyrrole nitrogens is 1. The Kier molecular flexibility index (Phi) is 6.35. The first-order valence-corrected chi connectivity index (χ1v) is 11.5. The van der Waals surface area contributed by atoms with Crippen molar-refractivity contribution in [3.05, 3.63) is 40.5 Å². The molecular weight excluding hydrogens is 442 g/mol. The monoisotopic (exact) mass is 461 g/mol. The lowest BCUT2D eigenvalue weighted by molar-refractivity contribution is 0.101. The second kappa shape index (κ2) is 9.15. The Morgan fingerprint density at radius 1 is 1.37 bits per heavy atom. The molecule has 0 aromatic carbocycles.